The topological polar surface area (TPSA) is 291 Å². The summed E-state index contributed by atoms with van der Waals surface area (Å²) in [7, 11) is 0.958. The Labute approximate surface area is 240 Å². The summed E-state index contributed by atoms with van der Waals surface area (Å²) in [5.74, 6) is -10.2. The van der Waals surface area contributed by atoms with Gasteiger partial charge < -0.3 is 70.4 Å². The Morgan fingerprint density at radius 3 is 1.60 bits per heavy atom. The molecule has 12 unspecified atom stereocenters. The van der Waals surface area contributed by atoms with E-state index in [0.29, 0.717) is 0 Å². The third kappa shape index (κ3) is 7.70. The van der Waals surface area contributed by atoms with E-state index in [1.165, 1.54) is 6.92 Å². The number of carbonyl (C=O) groups is 4. The van der Waals surface area contributed by atoms with Gasteiger partial charge in [0.25, 0.3) is 11.6 Å². The normalized spacial score (nSPS) is 36.2. The number of carboxylic acids is 2. The maximum absolute atomic E-state index is 12.3. The van der Waals surface area contributed by atoms with Crippen molar-refractivity contribution in [3.05, 3.63) is 0 Å². The van der Waals surface area contributed by atoms with Gasteiger partial charge in [0.2, 0.25) is 11.8 Å². The lowest BCUT2D eigenvalue weighted by Crippen LogP contribution is -2.69. The molecule has 2 heterocycles. The second kappa shape index (κ2) is 14.3. The van der Waals surface area contributed by atoms with Crippen LogP contribution in [0, 0.1) is 0 Å². The van der Waals surface area contributed by atoms with Crippen molar-refractivity contribution in [2.24, 2.45) is 0 Å². The Balaban J connectivity index is 2.35. The summed E-state index contributed by atoms with van der Waals surface area (Å²) in [6.07, 6.45) is -15.9. The molecule has 0 aliphatic carbocycles. The van der Waals surface area contributed by atoms with E-state index >= 15 is 0 Å². The quantitative estimate of drug-likeness (QED) is 0.0935. The van der Waals surface area contributed by atoms with Crippen molar-refractivity contribution in [3.8, 4) is 0 Å². The molecular formula is C24H40N2O16. The Bertz CT molecular complexity index is 984. The zero-order valence-corrected chi connectivity index (χ0v) is 23.4. The summed E-state index contributed by atoms with van der Waals surface area (Å²) in [4.78, 5) is 47.6. The number of methoxy groups -OCH3 is 1. The maximum Gasteiger partial charge on any atom is 0.364 e. The second-order valence-corrected chi connectivity index (χ2v) is 10.3. The van der Waals surface area contributed by atoms with Crippen molar-refractivity contribution in [3.63, 3.8) is 0 Å². The highest BCUT2D eigenvalue weighted by atomic mass is 16.7. The Hall–Kier alpha value is -2.52. The fourth-order valence-corrected chi connectivity index (χ4v) is 4.96. The van der Waals surface area contributed by atoms with Crippen molar-refractivity contribution in [2.75, 3.05) is 13.7 Å². The molecule has 42 heavy (non-hydrogen) atoms. The molecule has 0 aromatic heterocycles. The van der Waals surface area contributed by atoms with Crippen LogP contribution in [0.2, 0.25) is 0 Å². The van der Waals surface area contributed by atoms with E-state index in [1.807, 2.05) is 0 Å². The van der Waals surface area contributed by atoms with Crippen LogP contribution in [-0.2, 0) is 38.1 Å². The van der Waals surface area contributed by atoms with E-state index in [4.69, 9.17) is 18.9 Å². The molecule has 2 saturated heterocycles. The van der Waals surface area contributed by atoms with E-state index in [0.717, 1.165) is 21.0 Å². The fourth-order valence-electron chi connectivity index (χ4n) is 4.96. The van der Waals surface area contributed by atoms with Gasteiger partial charge in [0.1, 0.15) is 30.5 Å². The highest BCUT2D eigenvalue weighted by Gasteiger charge is 2.58. The Morgan fingerprint density at radius 1 is 0.810 bits per heavy atom. The van der Waals surface area contributed by atoms with Crippen molar-refractivity contribution >= 4 is 23.8 Å². The first-order chi connectivity index (χ1) is 19.4. The highest BCUT2D eigenvalue weighted by molar-refractivity contribution is 5.77. The summed E-state index contributed by atoms with van der Waals surface area (Å²) in [6.45, 7) is 2.60. The van der Waals surface area contributed by atoms with Crippen LogP contribution in [0.3, 0.4) is 0 Å². The molecule has 2 fully saturated rings. The lowest BCUT2D eigenvalue weighted by atomic mass is 9.87. The molecule has 0 radical (unpaired) electrons. The fraction of sp³-hybridized carbons (Fsp3) is 0.833. The SMILES string of the molecule is CCC(O)C(O)C1OC(OCC(O)C(O)C2OC(OC)(C(=O)O)CC(O)C2NC(C)=O)(C(=O)O)CC(O)C1NC(C)=O. The van der Waals surface area contributed by atoms with Crippen LogP contribution >= 0.6 is 0 Å². The van der Waals surface area contributed by atoms with Gasteiger partial charge >= 0.3 is 11.9 Å². The van der Waals surface area contributed by atoms with Crippen molar-refractivity contribution in [1.29, 1.82) is 0 Å². The summed E-state index contributed by atoms with van der Waals surface area (Å²) >= 11 is 0. The van der Waals surface area contributed by atoms with Crippen LogP contribution in [0.5, 0.6) is 0 Å². The van der Waals surface area contributed by atoms with Gasteiger partial charge in [-0.1, -0.05) is 6.92 Å². The van der Waals surface area contributed by atoms with Gasteiger partial charge in [-0.05, 0) is 6.42 Å². The predicted octanol–water partition coefficient (Wildman–Crippen LogP) is -4.63. The van der Waals surface area contributed by atoms with Crippen molar-refractivity contribution < 1.29 is 79.0 Å². The summed E-state index contributed by atoms with van der Waals surface area (Å²) in [6, 6.07) is -2.83. The number of nitrogens with one attached hydrogen (secondary N) is 2. The Morgan fingerprint density at radius 2 is 1.21 bits per heavy atom. The molecular weight excluding hydrogens is 572 g/mol. The molecule has 2 aliphatic heterocycles. The molecule has 10 N–H and O–H groups in total. The van der Waals surface area contributed by atoms with Crippen molar-refractivity contribution in [2.45, 2.75) is 113 Å². The average molecular weight is 613 g/mol. The third-order valence-corrected chi connectivity index (χ3v) is 7.23. The summed E-state index contributed by atoms with van der Waals surface area (Å²) in [5.41, 5.74) is 0. The van der Waals surface area contributed by atoms with E-state index in [1.54, 1.807) is 0 Å². The number of carboxylic acid groups (broad SMARTS) is 2. The largest absolute Gasteiger partial charge is 0.477 e. The van der Waals surface area contributed by atoms with Gasteiger partial charge in [0.05, 0.1) is 37.0 Å². The molecule has 0 bridgehead atoms. The van der Waals surface area contributed by atoms with E-state index < -0.39 is 116 Å². The smallest absolute Gasteiger partial charge is 0.364 e. The molecule has 2 aliphatic rings. The lowest BCUT2D eigenvalue weighted by Gasteiger charge is -2.47. The van der Waals surface area contributed by atoms with Gasteiger partial charge in [0.15, 0.2) is 0 Å². The maximum atomic E-state index is 12.3. The van der Waals surface area contributed by atoms with Crippen LogP contribution in [-0.4, -0.2) is 151 Å². The standard InChI is InChI=1S/C24H40N2O16/c1-5-11(29)17(33)19-16(26-10(3)28)13(31)7-24(42-19,22(37)38)40-8-14(32)18(34)20-15(25-9(2)27)12(30)6-23(39-4,41-20)21(35)36/h11-20,29-34H,5-8H2,1-4H3,(H,25,27)(H,26,28)(H,35,36)(H,37,38). The zero-order valence-electron chi connectivity index (χ0n) is 23.4. The lowest BCUT2D eigenvalue weighted by molar-refractivity contribution is -0.323. The van der Waals surface area contributed by atoms with Crippen LogP contribution in [0.1, 0.15) is 40.0 Å². The molecule has 18 heteroatoms. The van der Waals surface area contributed by atoms with Gasteiger partial charge in [-0.25, -0.2) is 9.59 Å². The molecule has 12 atom stereocenters. The van der Waals surface area contributed by atoms with Crippen molar-refractivity contribution in [1.82, 2.24) is 10.6 Å². The van der Waals surface area contributed by atoms with Gasteiger partial charge in [-0.15, -0.1) is 0 Å². The van der Waals surface area contributed by atoms with E-state index in [-0.39, 0.29) is 6.42 Å². The van der Waals surface area contributed by atoms with Crippen LogP contribution in [0.15, 0.2) is 0 Å². The minimum Gasteiger partial charge on any atom is -0.477 e. The predicted molar refractivity (Wildman–Crippen MR) is 134 cm³/mol. The third-order valence-electron chi connectivity index (χ3n) is 7.23. The molecule has 0 saturated carbocycles. The molecule has 2 amide bonds. The number of carbonyl (C=O) groups excluding carboxylic acids is 2. The summed E-state index contributed by atoms with van der Waals surface area (Å²) < 4.78 is 21.2. The number of amides is 2. The number of rotatable bonds is 13. The number of aliphatic hydroxyl groups is 6. The minimum absolute atomic E-state index is 0.0161. The first-order valence-corrected chi connectivity index (χ1v) is 13.1. The van der Waals surface area contributed by atoms with Gasteiger partial charge in [-0.2, -0.15) is 0 Å². The number of aliphatic carboxylic acids is 2. The van der Waals surface area contributed by atoms with Gasteiger partial charge in [-0.3, -0.25) is 9.59 Å². The average Bonchev–Trinajstić information content (AvgIpc) is 2.91. The summed E-state index contributed by atoms with van der Waals surface area (Å²) in [5, 5.41) is 88.0. The number of hydrogen-bond donors (Lipinski definition) is 10. The van der Waals surface area contributed by atoms with E-state index in [2.05, 4.69) is 10.6 Å². The molecule has 242 valence electrons. The number of ether oxygens (including phenoxy) is 4. The number of aliphatic hydroxyl groups excluding tert-OH is 6. The first kappa shape index (κ1) is 35.7. The highest BCUT2D eigenvalue weighted by Crippen LogP contribution is 2.36. The minimum atomic E-state index is -2.78. The zero-order chi connectivity index (χ0) is 32.2. The molecule has 18 nitrogen and oxygen atoms in total. The molecule has 2 rings (SSSR count). The van der Waals surface area contributed by atoms with Crippen LogP contribution in [0.25, 0.3) is 0 Å². The van der Waals surface area contributed by atoms with Gasteiger partial charge in [0, 0.05) is 33.8 Å². The van der Waals surface area contributed by atoms with Crippen LogP contribution in [0.4, 0.5) is 0 Å². The molecule has 0 spiro atoms. The second-order valence-electron chi connectivity index (χ2n) is 10.3. The Kier molecular flexibility index (Phi) is 12.1. The first-order valence-electron chi connectivity index (χ1n) is 13.1. The molecule has 0 aromatic carbocycles. The van der Waals surface area contributed by atoms with Crippen LogP contribution < -0.4 is 10.6 Å². The van der Waals surface area contributed by atoms with E-state index in [9.17, 15) is 60.0 Å². The molecule has 0 aromatic rings. The number of hydrogen-bond acceptors (Lipinski definition) is 14. The monoisotopic (exact) mass is 612 g/mol.